The summed E-state index contributed by atoms with van der Waals surface area (Å²) in [5, 5.41) is 8.16. The normalized spacial score (nSPS) is 11.0. The largest absolute Gasteiger partial charge is 0.199 e. The molecule has 0 radical (unpaired) electrons. The quantitative estimate of drug-likeness (QED) is 0.454. The van der Waals surface area contributed by atoms with Crippen molar-refractivity contribution in [3.8, 4) is 0 Å². The van der Waals surface area contributed by atoms with Crippen molar-refractivity contribution in [2.24, 2.45) is 7.05 Å². The molecule has 0 atom stereocenters. The Kier molecular flexibility index (Phi) is 0.869. The molecule has 52 valence electrons. The fourth-order valence-corrected chi connectivity index (χ4v) is 1.02. The number of hydrogen-bond acceptors (Lipinski definition) is 1. The van der Waals surface area contributed by atoms with Crippen molar-refractivity contribution in [2.75, 3.05) is 0 Å². The Morgan fingerprint density at radius 2 is 2.50 bits per heavy atom. The zero-order valence-electron chi connectivity index (χ0n) is 5.94. The van der Waals surface area contributed by atoms with Gasteiger partial charge in [-0.05, 0) is 23.8 Å². The lowest BCUT2D eigenvalue weighted by Crippen LogP contribution is -2.35. The summed E-state index contributed by atoms with van der Waals surface area (Å²) in [7, 11) is 1.81. The third-order valence-electron chi connectivity index (χ3n) is 1.39. The van der Waals surface area contributed by atoms with Gasteiger partial charge < -0.3 is 0 Å². The van der Waals surface area contributed by atoms with E-state index in [1.165, 1.54) is 5.56 Å². The lowest BCUT2D eigenvalue weighted by atomic mass is 10.4. The number of nitrogens with zero attached hydrogens (tertiary/aromatic N) is 4. The Hall–Kier alpha value is -1.32. The smallest absolute Gasteiger partial charge is 0.162 e. The van der Waals surface area contributed by atoms with Crippen molar-refractivity contribution < 1.29 is 4.80 Å². The Labute approximate surface area is 58.0 Å². The third-order valence-corrected chi connectivity index (χ3v) is 1.39. The van der Waals surface area contributed by atoms with Gasteiger partial charge in [0.2, 0.25) is 0 Å². The molecule has 4 nitrogen and oxygen atoms in total. The van der Waals surface area contributed by atoms with Crippen LogP contribution >= 0.6 is 0 Å². The lowest BCUT2D eigenvalue weighted by molar-refractivity contribution is -0.788. The van der Waals surface area contributed by atoms with Gasteiger partial charge in [-0.25, -0.2) is 0 Å². The monoisotopic (exact) mass is 136 g/mol. The Morgan fingerprint density at radius 3 is 3.20 bits per heavy atom. The molecule has 0 bridgehead atoms. The van der Waals surface area contributed by atoms with Crippen molar-refractivity contribution >= 4 is 5.65 Å². The third kappa shape index (κ3) is 0.618. The summed E-state index contributed by atoms with van der Waals surface area (Å²) >= 11 is 0. The molecule has 2 rings (SSSR count). The van der Waals surface area contributed by atoms with Crippen LogP contribution in [0, 0.1) is 6.92 Å². The summed E-state index contributed by atoms with van der Waals surface area (Å²) in [6.07, 6.45) is 1.95. The standard InChI is InChI=1S/C6H8N4/c1-5-3-6-7-9(2)8-10(6)4-5/h3-4H,1-2H3. The number of fused-ring (bicyclic) bond motifs is 1. The van der Waals surface area contributed by atoms with Crippen molar-refractivity contribution in [3.63, 3.8) is 0 Å². The summed E-state index contributed by atoms with van der Waals surface area (Å²) in [5.74, 6) is 0. The summed E-state index contributed by atoms with van der Waals surface area (Å²) in [6.45, 7) is 2.02. The fourth-order valence-electron chi connectivity index (χ4n) is 1.02. The average molecular weight is 136 g/mol. The molecule has 2 aromatic rings. The minimum absolute atomic E-state index is 0.903. The highest BCUT2D eigenvalue weighted by atomic mass is 15.6. The van der Waals surface area contributed by atoms with Gasteiger partial charge in [0.25, 0.3) is 0 Å². The molecule has 0 amide bonds. The number of tetrazole rings is 1. The molecule has 4 heteroatoms. The molecule has 2 aromatic heterocycles. The highest BCUT2D eigenvalue weighted by Crippen LogP contribution is 2.00. The Balaban J connectivity index is 2.83. The molecule has 0 saturated heterocycles. The molecule has 0 aliphatic carbocycles. The number of aryl methyl sites for hydroxylation is 2. The molecular formula is C6H8N4. The minimum atomic E-state index is 0.903. The average Bonchev–Trinajstić information content (AvgIpc) is 2.21. The maximum Gasteiger partial charge on any atom is 0.199 e. The zero-order chi connectivity index (χ0) is 7.14. The van der Waals surface area contributed by atoms with E-state index in [4.69, 9.17) is 0 Å². The molecule has 0 aromatic carbocycles. The predicted molar refractivity (Wildman–Crippen MR) is 34.4 cm³/mol. The van der Waals surface area contributed by atoms with Gasteiger partial charge in [-0.2, -0.15) is 14.4 Å². The molecule has 0 fully saturated rings. The van der Waals surface area contributed by atoms with Gasteiger partial charge in [-0.15, -0.1) is 0 Å². The molecule has 0 saturated carbocycles. The summed E-state index contributed by atoms with van der Waals surface area (Å²) < 4.78 is 1.76. The second-order valence-electron chi connectivity index (χ2n) is 2.40. The van der Waals surface area contributed by atoms with Crippen molar-refractivity contribution in [1.29, 1.82) is 0 Å². The van der Waals surface area contributed by atoms with E-state index in [1.807, 2.05) is 26.2 Å². The summed E-state index contributed by atoms with van der Waals surface area (Å²) in [6, 6.07) is 1.99. The van der Waals surface area contributed by atoms with Crippen LogP contribution in [-0.2, 0) is 7.05 Å². The number of rotatable bonds is 0. The van der Waals surface area contributed by atoms with Crippen LogP contribution in [0.2, 0.25) is 0 Å². The van der Waals surface area contributed by atoms with Crippen LogP contribution in [0.25, 0.3) is 5.65 Å². The maximum absolute atomic E-state index is 4.10. The van der Waals surface area contributed by atoms with Gasteiger partial charge in [-0.3, -0.25) is 0 Å². The van der Waals surface area contributed by atoms with Gasteiger partial charge in [0.15, 0.2) is 5.65 Å². The second kappa shape index (κ2) is 1.59. The van der Waals surface area contributed by atoms with E-state index in [2.05, 4.69) is 10.3 Å². The van der Waals surface area contributed by atoms with Gasteiger partial charge in [0, 0.05) is 0 Å². The van der Waals surface area contributed by atoms with E-state index in [-0.39, 0.29) is 0 Å². The molecule has 0 aliphatic heterocycles. The molecule has 10 heavy (non-hydrogen) atoms. The highest BCUT2D eigenvalue weighted by molar-refractivity contribution is 5.38. The van der Waals surface area contributed by atoms with Crippen LogP contribution in [0.3, 0.4) is 0 Å². The van der Waals surface area contributed by atoms with Gasteiger partial charge in [0.05, 0.1) is 7.05 Å². The molecule has 0 aliphatic rings. The van der Waals surface area contributed by atoms with Crippen molar-refractivity contribution in [1.82, 2.24) is 14.8 Å². The zero-order valence-corrected chi connectivity index (χ0v) is 5.94. The van der Waals surface area contributed by atoms with Crippen LogP contribution in [0.5, 0.6) is 0 Å². The van der Waals surface area contributed by atoms with E-state index in [0.29, 0.717) is 0 Å². The first-order valence-electron chi connectivity index (χ1n) is 3.12. The Morgan fingerprint density at radius 1 is 1.70 bits per heavy atom. The molecular weight excluding hydrogens is 128 g/mol. The maximum atomic E-state index is 4.10. The van der Waals surface area contributed by atoms with Crippen LogP contribution in [0.4, 0.5) is 0 Å². The van der Waals surface area contributed by atoms with Crippen LogP contribution < -0.4 is 9.90 Å². The fraction of sp³-hybridized carbons (Fsp3) is 0.333. The summed E-state index contributed by atoms with van der Waals surface area (Å²) in [5.41, 5.74) is 2.09. The molecule has 0 N–H and O–H groups in total. The molecule has 0 spiro atoms. The SMILES string of the molecule is Cc1cc2[n-][n+](C)nn2c1. The van der Waals surface area contributed by atoms with Crippen molar-refractivity contribution in [2.45, 2.75) is 6.92 Å². The first-order valence-corrected chi connectivity index (χ1v) is 3.12. The molecule has 0 unspecified atom stereocenters. The van der Waals surface area contributed by atoms with Crippen molar-refractivity contribution in [3.05, 3.63) is 17.8 Å². The predicted octanol–water partition coefficient (Wildman–Crippen LogP) is -0.576. The van der Waals surface area contributed by atoms with Gasteiger partial charge in [-0.1, -0.05) is 0 Å². The number of aromatic nitrogens is 4. The van der Waals surface area contributed by atoms with Gasteiger partial charge >= 0.3 is 0 Å². The van der Waals surface area contributed by atoms with E-state index in [9.17, 15) is 0 Å². The minimum Gasteiger partial charge on any atom is -0.162 e. The van der Waals surface area contributed by atoms with Gasteiger partial charge in [0.1, 0.15) is 6.20 Å². The second-order valence-corrected chi connectivity index (χ2v) is 2.40. The van der Waals surface area contributed by atoms with E-state index in [1.54, 1.807) is 9.31 Å². The van der Waals surface area contributed by atoms with E-state index >= 15 is 0 Å². The first kappa shape index (κ1) is 5.46. The summed E-state index contributed by atoms with van der Waals surface area (Å²) in [4.78, 5) is 1.55. The highest BCUT2D eigenvalue weighted by Gasteiger charge is 2.00. The lowest BCUT2D eigenvalue weighted by Gasteiger charge is -1.76. The Bertz CT molecular complexity index is 294. The number of hydrogen-bond donors (Lipinski definition) is 0. The first-order chi connectivity index (χ1) is 4.75. The van der Waals surface area contributed by atoms with E-state index in [0.717, 1.165) is 5.65 Å². The van der Waals surface area contributed by atoms with Crippen LogP contribution in [0.1, 0.15) is 5.56 Å². The van der Waals surface area contributed by atoms with Crippen LogP contribution in [0.15, 0.2) is 12.3 Å². The van der Waals surface area contributed by atoms with Crippen LogP contribution in [-0.4, -0.2) is 9.73 Å². The topological polar surface area (TPSA) is 35.3 Å². The van der Waals surface area contributed by atoms with E-state index < -0.39 is 0 Å². The molecule has 2 heterocycles.